The fraction of sp³-hybridized carbons (Fsp3) is 0.280. The fourth-order valence-corrected chi connectivity index (χ4v) is 3.89. The molecule has 0 saturated carbocycles. The molecule has 0 atom stereocenters. The summed E-state index contributed by atoms with van der Waals surface area (Å²) in [5.41, 5.74) is 3.18. The van der Waals surface area contributed by atoms with Crippen molar-refractivity contribution in [3.8, 4) is 5.82 Å². The van der Waals surface area contributed by atoms with E-state index in [1.165, 1.54) is 6.08 Å². The van der Waals surface area contributed by atoms with Gasteiger partial charge in [0.1, 0.15) is 11.6 Å². The Morgan fingerprint density at radius 2 is 2.03 bits per heavy atom. The minimum absolute atomic E-state index is 0.157. The highest BCUT2D eigenvalue weighted by atomic mass is 16.5. The van der Waals surface area contributed by atoms with Gasteiger partial charge in [0.05, 0.1) is 24.1 Å². The SMILES string of the molecule is COCCN(Cc1nc2ccccc2c(=O)[nH]1)C(=O)/C=C/c1cc(C)n(-c2cc(C)on2)c1C. The highest BCUT2D eigenvalue weighted by Gasteiger charge is 2.16. The van der Waals surface area contributed by atoms with E-state index >= 15 is 0 Å². The van der Waals surface area contributed by atoms with Crippen molar-refractivity contribution in [1.82, 2.24) is 24.6 Å². The summed E-state index contributed by atoms with van der Waals surface area (Å²) < 4.78 is 12.4. The smallest absolute Gasteiger partial charge is 0.258 e. The number of methoxy groups -OCH3 is 1. The first-order valence-electron chi connectivity index (χ1n) is 10.9. The summed E-state index contributed by atoms with van der Waals surface area (Å²) in [6.07, 6.45) is 3.31. The van der Waals surface area contributed by atoms with E-state index in [0.717, 1.165) is 22.7 Å². The van der Waals surface area contributed by atoms with E-state index in [0.29, 0.717) is 35.7 Å². The summed E-state index contributed by atoms with van der Waals surface area (Å²) in [6.45, 7) is 6.65. The van der Waals surface area contributed by atoms with Crippen molar-refractivity contribution in [3.05, 3.63) is 81.4 Å². The van der Waals surface area contributed by atoms with Gasteiger partial charge in [-0.05, 0) is 50.6 Å². The van der Waals surface area contributed by atoms with Gasteiger partial charge in [-0.3, -0.25) is 14.2 Å². The first kappa shape index (κ1) is 23.2. The predicted molar refractivity (Wildman–Crippen MR) is 129 cm³/mol. The van der Waals surface area contributed by atoms with Crippen LogP contribution in [-0.2, 0) is 16.1 Å². The summed E-state index contributed by atoms with van der Waals surface area (Å²) in [5, 5.41) is 4.61. The molecule has 0 fully saturated rings. The molecule has 34 heavy (non-hydrogen) atoms. The Morgan fingerprint density at radius 3 is 2.76 bits per heavy atom. The van der Waals surface area contributed by atoms with Gasteiger partial charge in [-0.15, -0.1) is 0 Å². The van der Waals surface area contributed by atoms with Gasteiger partial charge >= 0.3 is 0 Å². The first-order valence-corrected chi connectivity index (χ1v) is 10.9. The van der Waals surface area contributed by atoms with Crippen molar-refractivity contribution in [2.45, 2.75) is 27.3 Å². The molecule has 1 amide bonds. The van der Waals surface area contributed by atoms with E-state index in [1.807, 2.05) is 43.5 Å². The molecule has 3 heterocycles. The molecule has 3 aromatic heterocycles. The molecule has 0 unspecified atom stereocenters. The van der Waals surface area contributed by atoms with Crippen LogP contribution in [-0.4, -0.2) is 50.8 Å². The van der Waals surface area contributed by atoms with E-state index in [4.69, 9.17) is 9.26 Å². The number of nitrogens with zero attached hydrogens (tertiary/aromatic N) is 4. The molecule has 0 spiro atoms. The van der Waals surface area contributed by atoms with Crippen LogP contribution >= 0.6 is 0 Å². The van der Waals surface area contributed by atoms with Gasteiger partial charge in [0, 0.05) is 37.2 Å². The fourth-order valence-electron chi connectivity index (χ4n) is 3.89. The Morgan fingerprint density at radius 1 is 1.24 bits per heavy atom. The van der Waals surface area contributed by atoms with Crippen molar-refractivity contribution in [2.24, 2.45) is 0 Å². The second kappa shape index (κ2) is 9.88. The van der Waals surface area contributed by atoms with Crippen LogP contribution in [0.2, 0.25) is 0 Å². The number of para-hydroxylation sites is 1. The highest BCUT2D eigenvalue weighted by Crippen LogP contribution is 2.22. The molecule has 4 aromatic rings. The predicted octanol–water partition coefficient (Wildman–Crippen LogP) is 3.32. The van der Waals surface area contributed by atoms with Gasteiger partial charge in [0.15, 0.2) is 5.82 Å². The molecule has 0 bridgehead atoms. The number of hydrogen-bond donors (Lipinski definition) is 1. The number of aromatic amines is 1. The maximum atomic E-state index is 13.1. The van der Waals surface area contributed by atoms with Crippen molar-refractivity contribution < 1.29 is 14.1 Å². The van der Waals surface area contributed by atoms with Crippen molar-refractivity contribution >= 4 is 22.9 Å². The molecule has 1 aromatic carbocycles. The molecule has 176 valence electrons. The Kier molecular flexibility index (Phi) is 6.74. The average molecular weight is 462 g/mol. The van der Waals surface area contributed by atoms with Crippen molar-refractivity contribution in [2.75, 3.05) is 20.3 Å². The number of hydrogen-bond acceptors (Lipinski definition) is 6. The van der Waals surface area contributed by atoms with E-state index in [2.05, 4.69) is 15.1 Å². The van der Waals surface area contributed by atoms with Crippen molar-refractivity contribution in [3.63, 3.8) is 0 Å². The lowest BCUT2D eigenvalue weighted by Gasteiger charge is -2.20. The number of aromatic nitrogens is 4. The summed E-state index contributed by atoms with van der Waals surface area (Å²) in [6, 6.07) is 11.0. The number of H-pyrrole nitrogens is 1. The number of benzene rings is 1. The minimum atomic E-state index is -0.231. The zero-order chi connectivity index (χ0) is 24.2. The maximum absolute atomic E-state index is 13.1. The van der Waals surface area contributed by atoms with Gasteiger partial charge in [0.25, 0.3) is 5.56 Å². The van der Waals surface area contributed by atoms with Crippen LogP contribution in [0.5, 0.6) is 0 Å². The van der Waals surface area contributed by atoms with Crippen LogP contribution in [0.15, 0.2) is 51.8 Å². The summed E-state index contributed by atoms with van der Waals surface area (Å²) >= 11 is 0. The molecule has 0 aliphatic carbocycles. The molecule has 9 heteroatoms. The molecule has 1 N–H and O–H groups in total. The summed E-state index contributed by atoms with van der Waals surface area (Å²) in [7, 11) is 1.58. The molecular formula is C25H27N5O4. The molecule has 0 saturated heterocycles. The van der Waals surface area contributed by atoms with Gasteiger partial charge in [-0.1, -0.05) is 17.3 Å². The normalized spacial score (nSPS) is 11.5. The van der Waals surface area contributed by atoms with Crippen LogP contribution in [0.25, 0.3) is 22.8 Å². The number of amides is 1. The van der Waals surface area contributed by atoms with Gasteiger partial charge < -0.3 is 19.1 Å². The van der Waals surface area contributed by atoms with E-state index in [9.17, 15) is 9.59 Å². The van der Waals surface area contributed by atoms with Crippen LogP contribution in [0, 0.1) is 20.8 Å². The van der Waals surface area contributed by atoms with E-state index < -0.39 is 0 Å². The number of carbonyl (C=O) groups is 1. The molecule has 4 rings (SSSR count). The lowest BCUT2D eigenvalue weighted by molar-refractivity contribution is -0.127. The Hall–Kier alpha value is -3.98. The quantitative estimate of drug-likeness (QED) is 0.404. The maximum Gasteiger partial charge on any atom is 0.258 e. The monoisotopic (exact) mass is 461 g/mol. The molecular weight excluding hydrogens is 434 g/mol. The highest BCUT2D eigenvalue weighted by molar-refractivity contribution is 5.92. The largest absolute Gasteiger partial charge is 0.383 e. The van der Waals surface area contributed by atoms with Gasteiger partial charge in [-0.2, -0.15) is 0 Å². The second-order valence-corrected chi connectivity index (χ2v) is 8.07. The summed E-state index contributed by atoms with van der Waals surface area (Å²) in [5.74, 6) is 1.63. The zero-order valence-corrected chi connectivity index (χ0v) is 19.7. The molecule has 9 nitrogen and oxygen atoms in total. The van der Waals surface area contributed by atoms with Crippen LogP contribution < -0.4 is 5.56 Å². The number of ether oxygens (including phenoxy) is 1. The van der Waals surface area contributed by atoms with Gasteiger partial charge in [-0.25, -0.2) is 4.98 Å². The van der Waals surface area contributed by atoms with Crippen LogP contribution in [0.1, 0.15) is 28.5 Å². The average Bonchev–Trinajstić information content (AvgIpc) is 3.36. The zero-order valence-electron chi connectivity index (χ0n) is 19.7. The third-order valence-electron chi connectivity index (χ3n) is 5.60. The number of nitrogens with one attached hydrogen (secondary N) is 1. The van der Waals surface area contributed by atoms with E-state index in [1.54, 1.807) is 36.3 Å². The third kappa shape index (κ3) is 4.84. The Bertz CT molecular complexity index is 1410. The molecule has 0 aliphatic rings. The third-order valence-corrected chi connectivity index (χ3v) is 5.60. The number of rotatable bonds is 8. The number of aryl methyl sites for hydroxylation is 2. The van der Waals surface area contributed by atoms with Crippen LogP contribution in [0.3, 0.4) is 0 Å². The number of carbonyl (C=O) groups excluding carboxylic acids is 1. The number of fused-ring (bicyclic) bond motifs is 1. The van der Waals surface area contributed by atoms with Crippen LogP contribution in [0.4, 0.5) is 0 Å². The second-order valence-electron chi connectivity index (χ2n) is 8.07. The molecule has 0 aliphatic heterocycles. The Labute approximate surface area is 196 Å². The lowest BCUT2D eigenvalue weighted by atomic mass is 10.2. The first-order chi connectivity index (χ1) is 16.4. The Balaban J connectivity index is 1.57. The van der Waals surface area contributed by atoms with E-state index in [-0.39, 0.29) is 18.0 Å². The van der Waals surface area contributed by atoms with Crippen molar-refractivity contribution in [1.29, 1.82) is 0 Å². The minimum Gasteiger partial charge on any atom is -0.383 e. The lowest BCUT2D eigenvalue weighted by Crippen LogP contribution is -2.33. The van der Waals surface area contributed by atoms with Gasteiger partial charge in [0.2, 0.25) is 5.91 Å². The standard InChI is InChI=1S/C25H27N5O4/c1-16-13-19(18(3)30(16)23-14-17(2)34-28-23)9-10-24(31)29(11-12-33-4)15-22-26-21-8-6-5-7-20(21)25(32)27-22/h5-10,13-14H,11-12,15H2,1-4H3,(H,26,27,32)/b10-9+. The summed E-state index contributed by atoms with van der Waals surface area (Å²) in [4.78, 5) is 34.4. The molecule has 0 radical (unpaired) electrons. The topological polar surface area (TPSA) is 106 Å².